The second-order valence-corrected chi connectivity index (χ2v) is 9.01. The van der Waals surface area contributed by atoms with E-state index in [1.165, 1.54) is 37.3 Å². The minimum absolute atomic E-state index is 0.124. The van der Waals surface area contributed by atoms with Crippen LogP contribution >= 0.6 is 0 Å². The fourth-order valence-corrected chi connectivity index (χ4v) is 3.76. The van der Waals surface area contributed by atoms with Gasteiger partial charge in [0.1, 0.15) is 0 Å². The summed E-state index contributed by atoms with van der Waals surface area (Å²) < 4.78 is 40.0. The molecule has 8 nitrogen and oxygen atoms in total. The van der Waals surface area contributed by atoms with Gasteiger partial charge in [-0.1, -0.05) is 25.1 Å². The molecule has 0 radical (unpaired) electrons. The Morgan fingerprint density at radius 1 is 1.18 bits per heavy atom. The van der Waals surface area contributed by atoms with E-state index in [4.69, 9.17) is 9.88 Å². The Morgan fingerprint density at radius 3 is 2.50 bits per heavy atom. The van der Waals surface area contributed by atoms with Crippen molar-refractivity contribution in [2.24, 2.45) is 5.14 Å². The number of ether oxygens (including phenoxy) is 1. The monoisotopic (exact) mass is 424 g/mol. The standard InChI is InChI=1S/C18H20N2O6S2/c1-3-27(23)16-10-5-4-9-15(16)18(22)26-12(2)17(21)20-13-7-6-8-14(11-13)28(19,24)25/h4-12H,3H2,1-2H3,(H,20,21)(H2,19,24,25). The molecule has 2 atom stereocenters. The molecule has 0 saturated carbocycles. The summed E-state index contributed by atoms with van der Waals surface area (Å²) in [4.78, 5) is 24.9. The molecule has 1 amide bonds. The van der Waals surface area contributed by atoms with Crippen molar-refractivity contribution in [1.82, 2.24) is 0 Å². The minimum Gasteiger partial charge on any atom is -0.449 e. The Balaban J connectivity index is 2.11. The maximum Gasteiger partial charge on any atom is 0.340 e. The normalized spacial score (nSPS) is 13.4. The fraction of sp³-hybridized carbons (Fsp3) is 0.222. The lowest BCUT2D eigenvalue weighted by Gasteiger charge is -2.15. The van der Waals surface area contributed by atoms with E-state index in [1.807, 2.05) is 0 Å². The van der Waals surface area contributed by atoms with Gasteiger partial charge in [0.05, 0.1) is 26.2 Å². The number of esters is 1. The van der Waals surface area contributed by atoms with Crippen LogP contribution in [0.4, 0.5) is 5.69 Å². The first-order chi connectivity index (χ1) is 13.1. The molecule has 150 valence electrons. The second-order valence-electron chi connectivity index (χ2n) is 5.74. The summed E-state index contributed by atoms with van der Waals surface area (Å²) in [6.07, 6.45) is -1.17. The number of sulfonamides is 1. The second kappa shape index (κ2) is 9.09. The highest BCUT2D eigenvalue weighted by atomic mass is 32.2. The summed E-state index contributed by atoms with van der Waals surface area (Å²) in [5.41, 5.74) is 0.311. The molecule has 0 bridgehead atoms. The maximum atomic E-state index is 12.4. The van der Waals surface area contributed by atoms with Gasteiger partial charge in [0, 0.05) is 11.4 Å². The average Bonchev–Trinajstić information content (AvgIpc) is 2.66. The highest BCUT2D eigenvalue weighted by Crippen LogP contribution is 2.17. The zero-order valence-corrected chi connectivity index (χ0v) is 16.9. The number of nitrogens with one attached hydrogen (secondary N) is 1. The van der Waals surface area contributed by atoms with Crippen molar-refractivity contribution >= 4 is 38.4 Å². The molecule has 0 saturated heterocycles. The lowest BCUT2D eigenvalue weighted by Crippen LogP contribution is -2.30. The van der Waals surface area contributed by atoms with Crippen LogP contribution in [0.2, 0.25) is 0 Å². The van der Waals surface area contributed by atoms with E-state index in [0.717, 1.165) is 0 Å². The molecule has 2 rings (SSSR count). The van der Waals surface area contributed by atoms with Crippen LogP contribution in [0.1, 0.15) is 24.2 Å². The van der Waals surface area contributed by atoms with Gasteiger partial charge in [-0.15, -0.1) is 0 Å². The minimum atomic E-state index is -3.92. The molecule has 28 heavy (non-hydrogen) atoms. The number of rotatable bonds is 7. The summed E-state index contributed by atoms with van der Waals surface area (Å²) in [6.45, 7) is 3.10. The average molecular weight is 425 g/mol. The molecule has 0 aliphatic heterocycles. The van der Waals surface area contributed by atoms with Crippen molar-refractivity contribution in [2.45, 2.75) is 29.7 Å². The lowest BCUT2D eigenvalue weighted by atomic mass is 10.2. The Hall–Kier alpha value is -2.56. The third-order valence-electron chi connectivity index (χ3n) is 3.70. The summed E-state index contributed by atoms with van der Waals surface area (Å²) >= 11 is 0. The van der Waals surface area contributed by atoms with Crippen molar-refractivity contribution in [3.05, 3.63) is 54.1 Å². The van der Waals surface area contributed by atoms with Gasteiger partial charge in [0.2, 0.25) is 10.0 Å². The SMILES string of the molecule is CCS(=O)c1ccccc1C(=O)OC(C)C(=O)Nc1cccc(S(N)(=O)=O)c1. The van der Waals surface area contributed by atoms with Crippen molar-refractivity contribution in [3.63, 3.8) is 0 Å². The molecule has 0 aromatic heterocycles. The Kier molecular flexibility index (Phi) is 7.05. The van der Waals surface area contributed by atoms with Gasteiger partial charge in [0.25, 0.3) is 5.91 Å². The first-order valence-electron chi connectivity index (χ1n) is 8.25. The zero-order chi connectivity index (χ0) is 20.9. The smallest absolute Gasteiger partial charge is 0.340 e. The van der Waals surface area contributed by atoms with Gasteiger partial charge >= 0.3 is 5.97 Å². The van der Waals surface area contributed by atoms with Crippen LogP contribution in [0.3, 0.4) is 0 Å². The molecule has 0 fully saturated rings. The Labute approximate surface area is 165 Å². The number of carbonyl (C=O) groups is 2. The molecule has 2 aromatic carbocycles. The Morgan fingerprint density at radius 2 is 1.86 bits per heavy atom. The number of amides is 1. The van der Waals surface area contributed by atoms with E-state index in [9.17, 15) is 22.2 Å². The van der Waals surface area contributed by atoms with Crippen molar-refractivity contribution < 1.29 is 27.0 Å². The lowest BCUT2D eigenvalue weighted by molar-refractivity contribution is -0.123. The van der Waals surface area contributed by atoms with Gasteiger partial charge in [-0.2, -0.15) is 0 Å². The number of carbonyl (C=O) groups excluding carboxylic acids is 2. The first-order valence-corrected chi connectivity index (χ1v) is 11.1. The van der Waals surface area contributed by atoms with Gasteiger partial charge < -0.3 is 10.1 Å². The zero-order valence-electron chi connectivity index (χ0n) is 15.2. The van der Waals surface area contributed by atoms with Crippen LogP contribution in [0.5, 0.6) is 0 Å². The number of primary sulfonamides is 1. The molecule has 0 spiro atoms. The van der Waals surface area contributed by atoms with Crippen LogP contribution in [-0.2, 0) is 30.4 Å². The Bertz CT molecular complexity index is 1020. The molecule has 0 aliphatic rings. The summed E-state index contributed by atoms with van der Waals surface area (Å²) in [5, 5.41) is 7.53. The molecule has 3 N–H and O–H groups in total. The number of nitrogens with two attached hydrogens (primary N) is 1. The van der Waals surface area contributed by atoms with Crippen LogP contribution in [0, 0.1) is 0 Å². The van der Waals surface area contributed by atoms with E-state index in [0.29, 0.717) is 10.6 Å². The molecule has 0 aliphatic carbocycles. The van der Waals surface area contributed by atoms with E-state index >= 15 is 0 Å². The molecule has 0 heterocycles. The predicted molar refractivity (Wildman–Crippen MR) is 105 cm³/mol. The quantitative estimate of drug-likeness (QED) is 0.649. The van der Waals surface area contributed by atoms with E-state index in [-0.39, 0.29) is 16.1 Å². The molecule has 2 unspecified atom stereocenters. The summed E-state index contributed by atoms with van der Waals surface area (Å²) in [6, 6.07) is 11.7. The highest BCUT2D eigenvalue weighted by Gasteiger charge is 2.22. The van der Waals surface area contributed by atoms with Crippen LogP contribution in [0.25, 0.3) is 0 Å². The van der Waals surface area contributed by atoms with Gasteiger partial charge in [0.15, 0.2) is 6.10 Å². The molecular formula is C18H20N2O6S2. The topological polar surface area (TPSA) is 133 Å². The van der Waals surface area contributed by atoms with E-state index in [2.05, 4.69) is 5.32 Å². The van der Waals surface area contributed by atoms with E-state index < -0.39 is 38.8 Å². The summed E-state index contributed by atoms with van der Waals surface area (Å²) in [7, 11) is -5.28. The van der Waals surface area contributed by atoms with Crippen molar-refractivity contribution in [3.8, 4) is 0 Å². The molecule has 10 heteroatoms. The number of hydrogen-bond acceptors (Lipinski definition) is 6. The van der Waals surface area contributed by atoms with Crippen LogP contribution in [0.15, 0.2) is 58.3 Å². The largest absolute Gasteiger partial charge is 0.449 e. The number of hydrogen-bond donors (Lipinski definition) is 2. The molecular weight excluding hydrogens is 404 g/mol. The van der Waals surface area contributed by atoms with Gasteiger partial charge in [-0.25, -0.2) is 18.4 Å². The third kappa shape index (κ3) is 5.47. The maximum absolute atomic E-state index is 12.4. The highest BCUT2D eigenvalue weighted by molar-refractivity contribution is 7.89. The molecule has 2 aromatic rings. The predicted octanol–water partition coefficient (Wildman–Crippen LogP) is 1.65. The van der Waals surface area contributed by atoms with Crippen LogP contribution < -0.4 is 10.5 Å². The fourth-order valence-electron chi connectivity index (χ4n) is 2.26. The van der Waals surface area contributed by atoms with Gasteiger partial charge in [-0.3, -0.25) is 9.00 Å². The number of anilines is 1. The third-order valence-corrected chi connectivity index (χ3v) is 5.98. The van der Waals surface area contributed by atoms with Crippen molar-refractivity contribution in [1.29, 1.82) is 0 Å². The van der Waals surface area contributed by atoms with E-state index in [1.54, 1.807) is 25.1 Å². The first kappa shape index (κ1) is 21.7. The van der Waals surface area contributed by atoms with Gasteiger partial charge in [-0.05, 0) is 37.3 Å². The van der Waals surface area contributed by atoms with Crippen molar-refractivity contribution in [2.75, 3.05) is 11.1 Å². The number of benzene rings is 2. The summed E-state index contributed by atoms with van der Waals surface area (Å²) in [5.74, 6) is -1.10. The van der Waals surface area contributed by atoms with Crippen LogP contribution in [-0.4, -0.2) is 36.4 Å².